The van der Waals surface area contributed by atoms with Gasteiger partial charge in [0.05, 0.1) is 19.2 Å². The van der Waals surface area contributed by atoms with Gasteiger partial charge in [0.2, 0.25) is 5.91 Å². The molecule has 4 nitrogen and oxygen atoms in total. The molecule has 0 bridgehead atoms. The number of aryl methyl sites for hydroxylation is 1. The molecule has 0 radical (unpaired) electrons. The lowest BCUT2D eigenvalue weighted by molar-refractivity contribution is -0.145. The number of nitrogens with one attached hydrogen (secondary N) is 1. The SMILES string of the molecule is Cc1ccccc1C1CN(C(=O)CC2CCCN2)C(C)CO1. The fraction of sp³-hybridized carbons (Fsp3) is 0.611. The smallest absolute Gasteiger partial charge is 0.224 e. The van der Waals surface area contributed by atoms with Crippen LogP contribution in [0.5, 0.6) is 0 Å². The quantitative estimate of drug-likeness (QED) is 0.932. The Labute approximate surface area is 132 Å². The van der Waals surface area contributed by atoms with Crippen LogP contribution < -0.4 is 5.32 Å². The average Bonchev–Trinajstić information content (AvgIpc) is 3.01. The molecule has 3 atom stereocenters. The Balaban J connectivity index is 1.68. The molecule has 2 fully saturated rings. The van der Waals surface area contributed by atoms with Crippen molar-refractivity contribution in [1.82, 2.24) is 10.2 Å². The Kier molecular flexibility index (Phi) is 4.79. The van der Waals surface area contributed by atoms with Crippen molar-refractivity contribution in [3.05, 3.63) is 35.4 Å². The molecule has 1 amide bonds. The first-order chi connectivity index (χ1) is 10.6. The third kappa shape index (κ3) is 3.33. The molecule has 3 unspecified atom stereocenters. The number of morpholine rings is 1. The molecule has 2 saturated heterocycles. The minimum atomic E-state index is -0.00196. The van der Waals surface area contributed by atoms with E-state index in [1.807, 2.05) is 17.0 Å². The highest BCUT2D eigenvalue weighted by Crippen LogP contribution is 2.28. The van der Waals surface area contributed by atoms with Crippen molar-refractivity contribution in [2.24, 2.45) is 0 Å². The van der Waals surface area contributed by atoms with Crippen LogP contribution in [0.3, 0.4) is 0 Å². The zero-order chi connectivity index (χ0) is 15.5. The van der Waals surface area contributed by atoms with E-state index in [1.54, 1.807) is 0 Å². The van der Waals surface area contributed by atoms with Crippen LogP contribution in [-0.4, -0.2) is 42.6 Å². The fourth-order valence-electron chi connectivity index (χ4n) is 3.50. The van der Waals surface area contributed by atoms with E-state index >= 15 is 0 Å². The van der Waals surface area contributed by atoms with Crippen molar-refractivity contribution in [3.63, 3.8) is 0 Å². The number of rotatable bonds is 3. The van der Waals surface area contributed by atoms with Crippen LogP contribution in [0, 0.1) is 6.92 Å². The maximum atomic E-state index is 12.7. The highest BCUT2D eigenvalue weighted by molar-refractivity contribution is 5.77. The van der Waals surface area contributed by atoms with E-state index in [4.69, 9.17) is 4.74 Å². The summed E-state index contributed by atoms with van der Waals surface area (Å²) in [6, 6.07) is 8.81. The summed E-state index contributed by atoms with van der Waals surface area (Å²) in [5.41, 5.74) is 2.43. The Hall–Kier alpha value is -1.39. The first-order valence-corrected chi connectivity index (χ1v) is 8.35. The number of benzene rings is 1. The highest BCUT2D eigenvalue weighted by Gasteiger charge is 2.32. The number of carbonyl (C=O) groups is 1. The molecule has 2 heterocycles. The van der Waals surface area contributed by atoms with Gasteiger partial charge in [-0.2, -0.15) is 0 Å². The minimum Gasteiger partial charge on any atom is -0.370 e. The molecule has 1 aromatic rings. The molecular weight excluding hydrogens is 276 g/mol. The molecule has 0 saturated carbocycles. The summed E-state index contributed by atoms with van der Waals surface area (Å²) in [5.74, 6) is 0.258. The van der Waals surface area contributed by atoms with Gasteiger partial charge in [0.25, 0.3) is 0 Å². The second-order valence-corrected chi connectivity index (χ2v) is 6.57. The third-order valence-electron chi connectivity index (χ3n) is 4.87. The number of hydrogen-bond acceptors (Lipinski definition) is 3. The van der Waals surface area contributed by atoms with E-state index in [0.717, 1.165) is 13.0 Å². The number of hydrogen-bond donors (Lipinski definition) is 1. The Morgan fingerprint density at radius 1 is 1.41 bits per heavy atom. The van der Waals surface area contributed by atoms with Crippen LogP contribution in [0.25, 0.3) is 0 Å². The molecule has 0 aromatic heterocycles. The lowest BCUT2D eigenvalue weighted by Gasteiger charge is -2.39. The Morgan fingerprint density at radius 3 is 2.95 bits per heavy atom. The molecular formula is C18H26N2O2. The predicted molar refractivity (Wildman–Crippen MR) is 86.7 cm³/mol. The van der Waals surface area contributed by atoms with Gasteiger partial charge in [0.1, 0.15) is 6.10 Å². The number of nitrogens with zero attached hydrogens (tertiary/aromatic N) is 1. The van der Waals surface area contributed by atoms with E-state index in [0.29, 0.717) is 25.6 Å². The molecule has 1 aromatic carbocycles. The van der Waals surface area contributed by atoms with Crippen LogP contribution in [0.4, 0.5) is 0 Å². The average molecular weight is 302 g/mol. The van der Waals surface area contributed by atoms with Gasteiger partial charge in [0, 0.05) is 12.5 Å². The largest absolute Gasteiger partial charge is 0.370 e. The molecule has 4 heteroatoms. The van der Waals surface area contributed by atoms with Crippen LogP contribution in [0.1, 0.15) is 43.4 Å². The summed E-state index contributed by atoms with van der Waals surface area (Å²) in [4.78, 5) is 14.7. The predicted octanol–water partition coefficient (Wildman–Crippen LogP) is 2.43. The van der Waals surface area contributed by atoms with Crippen LogP contribution in [-0.2, 0) is 9.53 Å². The van der Waals surface area contributed by atoms with Crippen molar-refractivity contribution < 1.29 is 9.53 Å². The first kappa shape index (κ1) is 15.5. The number of amides is 1. The molecule has 22 heavy (non-hydrogen) atoms. The maximum absolute atomic E-state index is 12.7. The van der Waals surface area contributed by atoms with E-state index in [9.17, 15) is 4.79 Å². The van der Waals surface area contributed by atoms with Gasteiger partial charge in [-0.25, -0.2) is 0 Å². The van der Waals surface area contributed by atoms with E-state index < -0.39 is 0 Å². The van der Waals surface area contributed by atoms with Crippen LogP contribution in [0.15, 0.2) is 24.3 Å². The van der Waals surface area contributed by atoms with Gasteiger partial charge in [-0.3, -0.25) is 4.79 Å². The zero-order valence-electron chi connectivity index (χ0n) is 13.5. The summed E-state index contributed by atoms with van der Waals surface area (Å²) in [7, 11) is 0. The van der Waals surface area contributed by atoms with Gasteiger partial charge in [-0.15, -0.1) is 0 Å². The number of carbonyl (C=O) groups excluding carboxylic acids is 1. The summed E-state index contributed by atoms with van der Waals surface area (Å²) in [6.07, 6.45) is 2.91. The molecule has 3 rings (SSSR count). The normalized spacial score (nSPS) is 28.8. The van der Waals surface area contributed by atoms with Gasteiger partial charge in [0.15, 0.2) is 0 Å². The Morgan fingerprint density at radius 2 is 2.23 bits per heavy atom. The lowest BCUT2D eigenvalue weighted by Crippen LogP contribution is -2.49. The zero-order valence-corrected chi connectivity index (χ0v) is 13.5. The van der Waals surface area contributed by atoms with Gasteiger partial charge in [-0.05, 0) is 44.4 Å². The molecule has 120 valence electrons. The summed E-state index contributed by atoms with van der Waals surface area (Å²) in [5, 5.41) is 3.41. The van der Waals surface area contributed by atoms with Crippen LogP contribution in [0.2, 0.25) is 0 Å². The Bertz CT molecular complexity index is 526. The number of ether oxygens (including phenoxy) is 1. The third-order valence-corrected chi connectivity index (χ3v) is 4.87. The van der Waals surface area contributed by atoms with Crippen molar-refractivity contribution >= 4 is 5.91 Å². The topological polar surface area (TPSA) is 41.6 Å². The van der Waals surface area contributed by atoms with Crippen molar-refractivity contribution in [1.29, 1.82) is 0 Å². The molecule has 0 spiro atoms. The summed E-state index contributed by atoms with van der Waals surface area (Å²) in [6.45, 7) is 6.50. The van der Waals surface area contributed by atoms with Crippen molar-refractivity contribution in [2.75, 3.05) is 19.7 Å². The maximum Gasteiger partial charge on any atom is 0.224 e. The van der Waals surface area contributed by atoms with E-state index in [1.165, 1.54) is 17.5 Å². The lowest BCUT2D eigenvalue weighted by atomic mass is 10.0. The molecule has 1 N–H and O–H groups in total. The standard InChI is InChI=1S/C18H26N2O2/c1-13-6-3-4-8-16(13)17-11-20(14(2)12-22-17)18(21)10-15-7-5-9-19-15/h3-4,6,8,14-15,17,19H,5,7,9-12H2,1-2H3. The van der Waals surface area contributed by atoms with E-state index in [2.05, 4.69) is 31.3 Å². The van der Waals surface area contributed by atoms with Gasteiger partial charge >= 0.3 is 0 Å². The van der Waals surface area contributed by atoms with E-state index in [-0.39, 0.29) is 18.1 Å². The summed E-state index contributed by atoms with van der Waals surface area (Å²) < 4.78 is 6.00. The van der Waals surface area contributed by atoms with Crippen molar-refractivity contribution in [2.45, 2.75) is 51.3 Å². The minimum absolute atomic E-state index is 0.00196. The van der Waals surface area contributed by atoms with Crippen molar-refractivity contribution in [3.8, 4) is 0 Å². The second-order valence-electron chi connectivity index (χ2n) is 6.57. The molecule has 2 aliphatic rings. The highest BCUT2D eigenvalue weighted by atomic mass is 16.5. The van der Waals surface area contributed by atoms with Gasteiger partial charge < -0.3 is 15.0 Å². The first-order valence-electron chi connectivity index (χ1n) is 8.35. The molecule has 2 aliphatic heterocycles. The summed E-state index contributed by atoms with van der Waals surface area (Å²) >= 11 is 0. The van der Waals surface area contributed by atoms with Gasteiger partial charge in [-0.1, -0.05) is 24.3 Å². The molecule has 0 aliphatic carbocycles. The monoisotopic (exact) mass is 302 g/mol. The fourth-order valence-corrected chi connectivity index (χ4v) is 3.50. The second kappa shape index (κ2) is 6.80. The van der Waals surface area contributed by atoms with Crippen LogP contribution >= 0.6 is 0 Å².